The van der Waals surface area contributed by atoms with Crippen LogP contribution in [0.5, 0.6) is 0 Å². The van der Waals surface area contributed by atoms with Crippen LogP contribution in [0.25, 0.3) is 0 Å². The minimum absolute atomic E-state index is 0.0615. The third kappa shape index (κ3) is 5.30. The van der Waals surface area contributed by atoms with E-state index in [9.17, 15) is 19.5 Å². The van der Waals surface area contributed by atoms with Crippen molar-refractivity contribution in [3.63, 3.8) is 0 Å². The lowest BCUT2D eigenvalue weighted by atomic mass is 9.91. The summed E-state index contributed by atoms with van der Waals surface area (Å²) in [5.74, 6) is -1.79. The van der Waals surface area contributed by atoms with Gasteiger partial charge in [-0.2, -0.15) is 0 Å². The number of hydrogen-bond acceptors (Lipinski definition) is 5. The molecule has 0 unspecified atom stereocenters. The molecule has 0 bridgehead atoms. The van der Waals surface area contributed by atoms with Crippen molar-refractivity contribution < 1.29 is 24.3 Å². The van der Waals surface area contributed by atoms with Crippen LogP contribution in [0.15, 0.2) is 12.2 Å². The van der Waals surface area contributed by atoms with Gasteiger partial charge in [0.1, 0.15) is 0 Å². The Morgan fingerprint density at radius 3 is 2.43 bits per heavy atom. The maximum absolute atomic E-state index is 11.8. The monoisotopic (exact) mass is 297 g/mol. The van der Waals surface area contributed by atoms with E-state index < -0.39 is 23.4 Å². The number of amides is 2. The van der Waals surface area contributed by atoms with Gasteiger partial charge < -0.3 is 9.94 Å². The third-order valence-electron chi connectivity index (χ3n) is 3.51. The standard InChI is InChI=1S/C15H23NO5/c1-3-5-6-7-10-15(20,4-2)11-14(19)21-16-12(17)8-9-13(16)18/h5-6,20H,3-4,7-11H2,1-2H3/b6-5+/t15-/m1/s1. The van der Waals surface area contributed by atoms with Gasteiger partial charge in [-0.1, -0.05) is 26.0 Å². The van der Waals surface area contributed by atoms with Gasteiger partial charge in [0.25, 0.3) is 11.8 Å². The lowest BCUT2D eigenvalue weighted by Gasteiger charge is -2.25. The van der Waals surface area contributed by atoms with Crippen LogP contribution in [0, 0.1) is 0 Å². The fraction of sp³-hybridized carbons (Fsp3) is 0.667. The predicted octanol–water partition coefficient (Wildman–Crippen LogP) is 1.87. The van der Waals surface area contributed by atoms with Gasteiger partial charge in [0.05, 0.1) is 12.0 Å². The van der Waals surface area contributed by atoms with E-state index in [2.05, 4.69) is 0 Å². The summed E-state index contributed by atoms with van der Waals surface area (Å²) in [6, 6.07) is 0. The number of nitrogens with zero attached hydrogens (tertiary/aromatic N) is 1. The fourth-order valence-corrected chi connectivity index (χ4v) is 2.09. The molecule has 2 amide bonds. The molecule has 6 heteroatoms. The molecule has 118 valence electrons. The van der Waals surface area contributed by atoms with Crippen molar-refractivity contribution in [1.82, 2.24) is 5.06 Å². The predicted molar refractivity (Wildman–Crippen MR) is 75.7 cm³/mol. The minimum atomic E-state index is -1.18. The molecule has 1 rings (SSSR count). The van der Waals surface area contributed by atoms with Gasteiger partial charge in [-0.3, -0.25) is 9.59 Å². The average molecular weight is 297 g/mol. The number of aliphatic hydroxyl groups is 1. The summed E-state index contributed by atoms with van der Waals surface area (Å²) in [7, 11) is 0. The highest BCUT2D eigenvalue weighted by Crippen LogP contribution is 2.23. The van der Waals surface area contributed by atoms with Crippen LogP contribution >= 0.6 is 0 Å². The molecule has 0 aromatic heterocycles. The van der Waals surface area contributed by atoms with E-state index in [-0.39, 0.29) is 19.3 Å². The number of allylic oxidation sites excluding steroid dienone is 2. The van der Waals surface area contributed by atoms with Gasteiger partial charge in [-0.05, 0) is 25.7 Å². The summed E-state index contributed by atoms with van der Waals surface area (Å²) in [6.45, 7) is 3.80. The first-order valence-electron chi connectivity index (χ1n) is 7.36. The van der Waals surface area contributed by atoms with E-state index >= 15 is 0 Å². The molecule has 0 aromatic rings. The van der Waals surface area contributed by atoms with Gasteiger partial charge in [0.15, 0.2) is 0 Å². The Labute approximate surface area is 124 Å². The minimum Gasteiger partial charge on any atom is -0.389 e. The van der Waals surface area contributed by atoms with Gasteiger partial charge in [-0.15, -0.1) is 5.06 Å². The third-order valence-corrected chi connectivity index (χ3v) is 3.51. The number of hydroxylamine groups is 2. The van der Waals surface area contributed by atoms with Crippen LogP contribution in [0.2, 0.25) is 0 Å². The lowest BCUT2D eigenvalue weighted by Crippen LogP contribution is -2.37. The number of hydrogen-bond donors (Lipinski definition) is 1. The van der Waals surface area contributed by atoms with E-state index in [1.165, 1.54) is 0 Å². The van der Waals surface area contributed by atoms with E-state index in [0.717, 1.165) is 6.42 Å². The van der Waals surface area contributed by atoms with Crippen LogP contribution in [-0.2, 0) is 19.2 Å². The summed E-state index contributed by atoms with van der Waals surface area (Å²) in [5.41, 5.74) is -1.18. The number of carbonyl (C=O) groups excluding carboxylic acids is 3. The summed E-state index contributed by atoms with van der Waals surface area (Å²) in [4.78, 5) is 39.3. The maximum Gasteiger partial charge on any atom is 0.336 e. The Morgan fingerprint density at radius 2 is 1.90 bits per heavy atom. The average Bonchev–Trinajstić information content (AvgIpc) is 2.75. The molecule has 0 aromatic carbocycles. The first-order chi connectivity index (χ1) is 9.91. The SMILES string of the molecule is CC/C=C/CC[C@](O)(CC)CC(=O)ON1C(=O)CCC1=O. The molecule has 1 atom stereocenters. The van der Waals surface area contributed by atoms with Crippen molar-refractivity contribution in [1.29, 1.82) is 0 Å². The van der Waals surface area contributed by atoms with Gasteiger partial charge in [0.2, 0.25) is 0 Å². The normalized spacial score (nSPS) is 18.3. The fourth-order valence-electron chi connectivity index (χ4n) is 2.09. The number of rotatable bonds is 8. The quantitative estimate of drug-likeness (QED) is 0.546. The zero-order chi connectivity index (χ0) is 15.9. The Bertz CT molecular complexity index is 416. The van der Waals surface area contributed by atoms with Crippen LogP contribution in [0.3, 0.4) is 0 Å². The van der Waals surface area contributed by atoms with Gasteiger partial charge >= 0.3 is 5.97 Å². The molecule has 0 aliphatic carbocycles. The molecule has 1 fully saturated rings. The number of imide groups is 1. The van der Waals surface area contributed by atoms with E-state index in [4.69, 9.17) is 4.84 Å². The first kappa shape index (κ1) is 17.4. The molecule has 1 N–H and O–H groups in total. The van der Waals surface area contributed by atoms with Crippen molar-refractivity contribution in [2.24, 2.45) is 0 Å². The van der Waals surface area contributed by atoms with Crippen LogP contribution in [0.4, 0.5) is 0 Å². The Balaban J connectivity index is 2.51. The van der Waals surface area contributed by atoms with Crippen molar-refractivity contribution in [2.45, 2.75) is 64.4 Å². The Kier molecular flexibility index (Phi) is 6.55. The van der Waals surface area contributed by atoms with Crippen LogP contribution < -0.4 is 0 Å². The van der Waals surface area contributed by atoms with Gasteiger partial charge in [0, 0.05) is 12.8 Å². The maximum atomic E-state index is 11.8. The zero-order valence-electron chi connectivity index (χ0n) is 12.6. The molecule has 1 saturated heterocycles. The molecular formula is C15H23NO5. The second-order valence-electron chi connectivity index (χ2n) is 5.22. The number of carbonyl (C=O) groups is 3. The van der Waals surface area contributed by atoms with Crippen LogP contribution in [0.1, 0.15) is 58.8 Å². The highest BCUT2D eigenvalue weighted by molar-refractivity contribution is 6.01. The van der Waals surface area contributed by atoms with Crippen molar-refractivity contribution in [2.75, 3.05) is 0 Å². The summed E-state index contributed by atoms with van der Waals surface area (Å²) >= 11 is 0. The second kappa shape index (κ2) is 7.93. The molecule has 21 heavy (non-hydrogen) atoms. The zero-order valence-corrected chi connectivity index (χ0v) is 12.6. The summed E-state index contributed by atoms with van der Waals surface area (Å²) < 4.78 is 0. The summed E-state index contributed by atoms with van der Waals surface area (Å²) in [5, 5.41) is 10.9. The highest BCUT2D eigenvalue weighted by atomic mass is 16.7. The topological polar surface area (TPSA) is 83.9 Å². The molecule has 0 radical (unpaired) electrons. The second-order valence-corrected chi connectivity index (χ2v) is 5.22. The summed E-state index contributed by atoms with van der Waals surface area (Å²) in [6.07, 6.45) is 6.24. The first-order valence-corrected chi connectivity index (χ1v) is 7.36. The highest BCUT2D eigenvalue weighted by Gasteiger charge is 2.35. The van der Waals surface area contributed by atoms with Crippen molar-refractivity contribution >= 4 is 17.8 Å². The smallest absolute Gasteiger partial charge is 0.336 e. The van der Waals surface area contributed by atoms with Crippen molar-refractivity contribution in [3.8, 4) is 0 Å². The van der Waals surface area contributed by atoms with E-state index in [0.29, 0.717) is 24.3 Å². The Hall–Kier alpha value is -1.69. The van der Waals surface area contributed by atoms with Crippen LogP contribution in [-0.4, -0.2) is 33.6 Å². The molecule has 1 aliphatic heterocycles. The van der Waals surface area contributed by atoms with Crippen molar-refractivity contribution in [3.05, 3.63) is 12.2 Å². The molecule has 1 heterocycles. The van der Waals surface area contributed by atoms with E-state index in [1.807, 2.05) is 19.1 Å². The molecule has 1 aliphatic rings. The largest absolute Gasteiger partial charge is 0.389 e. The van der Waals surface area contributed by atoms with Gasteiger partial charge in [-0.25, -0.2) is 4.79 Å². The Morgan fingerprint density at radius 1 is 1.29 bits per heavy atom. The van der Waals surface area contributed by atoms with E-state index in [1.54, 1.807) is 6.92 Å². The molecule has 0 saturated carbocycles. The molecule has 6 nitrogen and oxygen atoms in total. The lowest BCUT2D eigenvalue weighted by molar-refractivity contribution is -0.200. The molecular weight excluding hydrogens is 274 g/mol. The molecule has 0 spiro atoms.